The van der Waals surface area contributed by atoms with Crippen LogP contribution in [-0.4, -0.2) is 36.3 Å². The molecule has 142 valence electrons. The number of benzene rings is 2. The molecule has 3 N–H and O–H groups in total. The van der Waals surface area contributed by atoms with Crippen molar-refractivity contribution in [3.63, 3.8) is 0 Å². The van der Waals surface area contributed by atoms with Crippen LogP contribution in [0.3, 0.4) is 0 Å². The molecule has 1 amide bonds. The molecule has 2 rings (SSSR count). The lowest BCUT2D eigenvalue weighted by molar-refractivity contribution is 0.102. The average molecular weight is 367 g/mol. The van der Waals surface area contributed by atoms with Crippen LogP contribution >= 0.6 is 0 Å². The second kappa shape index (κ2) is 9.72. The Labute approximate surface area is 159 Å². The van der Waals surface area contributed by atoms with E-state index in [1.165, 1.54) is 0 Å². The molecule has 0 bridgehead atoms. The zero-order valence-corrected chi connectivity index (χ0v) is 15.8. The predicted molar refractivity (Wildman–Crippen MR) is 105 cm³/mol. The smallest absolute Gasteiger partial charge is 0.255 e. The van der Waals surface area contributed by atoms with Gasteiger partial charge in [0.2, 0.25) is 0 Å². The summed E-state index contributed by atoms with van der Waals surface area (Å²) < 4.78 is 5.55. The van der Waals surface area contributed by atoms with E-state index < -0.39 is 6.10 Å². The van der Waals surface area contributed by atoms with Crippen molar-refractivity contribution in [1.82, 2.24) is 5.32 Å². The van der Waals surface area contributed by atoms with Crippen LogP contribution in [-0.2, 0) is 0 Å². The average Bonchev–Trinajstić information content (AvgIpc) is 2.65. The second-order valence-corrected chi connectivity index (χ2v) is 6.67. The molecule has 27 heavy (non-hydrogen) atoms. The van der Waals surface area contributed by atoms with Crippen molar-refractivity contribution in [2.75, 3.05) is 18.5 Å². The standard InChI is InChI=1S/C21H25N3O3/c1-14(2)23-12-19(25)13-27-20-9-8-18(10-17(20)11-22)24-21(26)16-6-4-15(3)5-7-16/h4-10,14,19,23,25H,12-13H2,1-3H3,(H,24,26). The van der Waals surface area contributed by atoms with Crippen LogP contribution in [0.2, 0.25) is 0 Å². The molecule has 2 aromatic rings. The van der Waals surface area contributed by atoms with Crippen molar-refractivity contribution in [2.45, 2.75) is 32.9 Å². The zero-order chi connectivity index (χ0) is 19.8. The zero-order valence-electron chi connectivity index (χ0n) is 15.8. The number of hydrogen-bond acceptors (Lipinski definition) is 5. The number of ether oxygens (including phenoxy) is 1. The lowest BCUT2D eigenvalue weighted by atomic mass is 10.1. The fraction of sp³-hybridized carbons (Fsp3) is 0.333. The topological polar surface area (TPSA) is 94.4 Å². The highest BCUT2D eigenvalue weighted by molar-refractivity contribution is 6.04. The number of amides is 1. The number of aryl methyl sites for hydroxylation is 1. The van der Waals surface area contributed by atoms with Crippen molar-refractivity contribution in [3.05, 3.63) is 59.2 Å². The highest BCUT2D eigenvalue weighted by Gasteiger charge is 2.11. The molecule has 0 saturated heterocycles. The normalized spacial score (nSPS) is 11.7. The molecule has 1 atom stereocenters. The first-order chi connectivity index (χ1) is 12.9. The Balaban J connectivity index is 2.00. The van der Waals surface area contributed by atoms with Crippen LogP contribution in [0, 0.1) is 18.3 Å². The van der Waals surface area contributed by atoms with Crippen LogP contribution in [0.25, 0.3) is 0 Å². The van der Waals surface area contributed by atoms with Crippen molar-refractivity contribution < 1.29 is 14.6 Å². The molecule has 6 nitrogen and oxygen atoms in total. The lowest BCUT2D eigenvalue weighted by Crippen LogP contribution is -2.35. The summed E-state index contributed by atoms with van der Waals surface area (Å²) in [5, 5.41) is 25.2. The SMILES string of the molecule is Cc1ccc(C(=O)Nc2ccc(OCC(O)CNC(C)C)c(C#N)c2)cc1. The maximum atomic E-state index is 12.3. The molecule has 0 aromatic heterocycles. The number of aliphatic hydroxyl groups is 1. The first kappa shape index (κ1) is 20.4. The largest absolute Gasteiger partial charge is 0.489 e. The third-order valence-electron chi connectivity index (χ3n) is 3.86. The van der Waals surface area contributed by atoms with E-state index in [2.05, 4.69) is 16.7 Å². The third kappa shape index (κ3) is 6.41. The lowest BCUT2D eigenvalue weighted by Gasteiger charge is -2.16. The number of nitrogens with one attached hydrogen (secondary N) is 2. The van der Waals surface area contributed by atoms with Crippen molar-refractivity contribution in [1.29, 1.82) is 5.26 Å². The summed E-state index contributed by atoms with van der Waals surface area (Å²) in [6.45, 7) is 6.42. The van der Waals surface area contributed by atoms with E-state index in [9.17, 15) is 15.2 Å². The maximum absolute atomic E-state index is 12.3. The molecule has 0 aliphatic carbocycles. The van der Waals surface area contributed by atoms with Crippen molar-refractivity contribution in [2.24, 2.45) is 0 Å². The Bertz CT molecular complexity index is 810. The van der Waals surface area contributed by atoms with E-state index in [1.807, 2.05) is 32.9 Å². The van der Waals surface area contributed by atoms with E-state index in [-0.39, 0.29) is 18.6 Å². The van der Waals surface area contributed by atoms with Gasteiger partial charge >= 0.3 is 0 Å². The second-order valence-electron chi connectivity index (χ2n) is 6.67. The summed E-state index contributed by atoms with van der Waals surface area (Å²) in [6, 6.07) is 14.4. The fourth-order valence-electron chi connectivity index (χ4n) is 2.35. The fourth-order valence-corrected chi connectivity index (χ4v) is 2.35. The summed E-state index contributed by atoms with van der Waals surface area (Å²) in [4.78, 5) is 12.3. The Kier molecular flexibility index (Phi) is 7.35. The van der Waals surface area contributed by atoms with Gasteiger partial charge in [0.25, 0.3) is 5.91 Å². The molecule has 0 heterocycles. The van der Waals surface area contributed by atoms with Gasteiger partial charge in [0, 0.05) is 23.8 Å². The molecule has 0 radical (unpaired) electrons. The molecule has 6 heteroatoms. The number of carbonyl (C=O) groups excluding carboxylic acids is 1. The van der Waals surface area contributed by atoms with Gasteiger partial charge in [-0.2, -0.15) is 5.26 Å². The van der Waals surface area contributed by atoms with E-state index in [1.54, 1.807) is 30.3 Å². The van der Waals surface area contributed by atoms with Gasteiger partial charge in [-0.3, -0.25) is 4.79 Å². The number of carbonyl (C=O) groups is 1. The number of anilines is 1. The monoisotopic (exact) mass is 367 g/mol. The van der Waals surface area contributed by atoms with Crippen molar-refractivity contribution >= 4 is 11.6 Å². The minimum absolute atomic E-state index is 0.0729. The van der Waals surface area contributed by atoms with Crippen molar-refractivity contribution in [3.8, 4) is 11.8 Å². The molecule has 1 unspecified atom stereocenters. The van der Waals surface area contributed by atoms with E-state index in [0.29, 0.717) is 29.1 Å². The Hall–Kier alpha value is -2.88. The van der Waals surface area contributed by atoms with Crippen LogP contribution in [0.4, 0.5) is 5.69 Å². The van der Waals surface area contributed by atoms with E-state index in [0.717, 1.165) is 5.56 Å². The number of aliphatic hydroxyl groups excluding tert-OH is 1. The minimum atomic E-state index is -0.681. The quantitative estimate of drug-likeness (QED) is 0.667. The molecule has 0 aliphatic rings. The van der Waals surface area contributed by atoms with Crippen LogP contribution in [0.15, 0.2) is 42.5 Å². The van der Waals surface area contributed by atoms with Gasteiger partial charge in [-0.25, -0.2) is 0 Å². The summed E-state index contributed by atoms with van der Waals surface area (Å²) in [5.41, 5.74) is 2.41. The highest BCUT2D eigenvalue weighted by atomic mass is 16.5. The van der Waals surface area contributed by atoms with Gasteiger partial charge in [-0.1, -0.05) is 31.5 Å². The third-order valence-corrected chi connectivity index (χ3v) is 3.86. The molecule has 0 aliphatic heterocycles. The highest BCUT2D eigenvalue weighted by Crippen LogP contribution is 2.23. The molecule has 0 fully saturated rings. The molecule has 0 spiro atoms. The maximum Gasteiger partial charge on any atom is 0.255 e. The number of nitrogens with zero attached hydrogens (tertiary/aromatic N) is 1. The number of rotatable bonds is 8. The first-order valence-electron chi connectivity index (χ1n) is 8.85. The van der Waals surface area contributed by atoms with Gasteiger partial charge in [-0.15, -0.1) is 0 Å². The van der Waals surface area contributed by atoms with Gasteiger partial charge in [0.1, 0.15) is 24.5 Å². The molecular formula is C21H25N3O3. The first-order valence-corrected chi connectivity index (χ1v) is 8.85. The van der Waals surface area contributed by atoms with Crippen LogP contribution in [0.1, 0.15) is 35.3 Å². The van der Waals surface area contributed by atoms with E-state index in [4.69, 9.17) is 4.74 Å². The minimum Gasteiger partial charge on any atom is -0.489 e. The van der Waals surface area contributed by atoms with Crippen LogP contribution < -0.4 is 15.4 Å². The van der Waals surface area contributed by atoms with Gasteiger partial charge < -0.3 is 20.5 Å². The predicted octanol–water partition coefficient (Wildman–Crippen LogP) is 2.86. The van der Waals surface area contributed by atoms with Gasteiger partial charge in [-0.05, 0) is 37.3 Å². The number of hydrogen-bond donors (Lipinski definition) is 3. The number of nitriles is 1. The summed E-state index contributed by atoms with van der Waals surface area (Å²) in [7, 11) is 0. The van der Waals surface area contributed by atoms with Gasteiger partial charge in [0.15, 0.2) is 0 Å². The van der Waals surface area contributed by atoms with E-state index >= 15 is 0 Å². The van der Waals surface area contributed by atoms with Gasteiger partial charge in [0.05, 0.1) is 5.56 Å². The Morgan fingerprint density at radius 1 is 1.22 bits per heavy atom. The Morgan fingerprint density at radius 2 is 1.93 bits per heavy atom. The molecule has 0 saturated carbocycles. The summed E-state index contributed by atoms with van der Waals surface area (Å²) >= 11 is 0. The summed E-state index contributed by atoms with van der Waals surface area (Å²) in [6.07, 6.45) is -0.681. The molecule has 2 aromatic carbocycles. The molecular weight excluding hydrogens is 342 g/mol. The summed E-state index contributed by atoms with van der Waals surface area (Å²) in [5.74, 6) is 0.122. The van der Waals surface area contributed by atoms with Crippen LogP contribution in [0.5, 0.6) is 5.75 Å². The Morgan fingerprint density at radius 3 is 2.56 bits per heavy atom.